The van der Waals surface area contributed by atoms with E-state index < -0.39 is 0 Å². The summed E-state index contributed by atoms with van der Waals surface area (Å²) in [6.07, 6.45) is 1.85. The van der Waals surface area contributed by atoms with Crippen molar-refractivity contribution in [2.45, 2.75) is 19.8 Å². The molecule has 1 aromatic carbocycles. The molecule has 0 spiro atoms. The zero-order chi connectivity index (χ0) is 14.1. The number of H-pyrrole nitrogens is 1. The molecule has 0 aliphatic carbocycles. The molecule has 0 bridgehead atoms. The first-order valence-corrected chi connectivity index (χ1v) is 6.73. The van der Waals surface area contributed by atoms with Crippen molar-refractivity contribution in [2.24, 2.45) is 0 Å². The Bertz CT molecular complexity index is 818. The summed E-state index contributed by atoms with van der Waals surface area (Å²) >= 11 is 0. The number of rotatable bonds is 2. The molecule has 0 saturated carbocycles. The van der Waals surface area contributed by atoms with E-state index in [1.165, 1.54) is 5.56 Å². The van der Waals surface area contributed by atoms with Crippen molar-refractivity contribution in [3.63, 3.8) is 0 Å². The van der Waals surface area contributed by atoms with Crippen LogP contribution in [0.1, 0.15) is 25.3 Å². The standard InChI is InChI=1S/C17H16N2O/c1-11(2)12-7-8-18-16(10-12)14-3-5-15-13(9-14)4-6-17(20)19-15/h3-11H,1-2H3,(H,19,20). The molecule has 3 aromatic rings. The highest BCUT2D eigenvalue weighted by atomic mass is 16.1. The number of fused-ring (bicyclic) bond motifs is 1. The lowest BCUT2D eigenvalue weighted by Gasteiger charge is -2.08. The van der Waals surface area contributed by atoms with E-state index in [-0.39, 0.29) is 5.56 Å². The van der Waals surface area contributed by atoms with E-state index >= 15 is 0 Å². The summed E-state index contributed by atoms with van der Waals surface area (Å²) in [5.74, 6) is 0.480. The number of aromatic amines is 1. The van der Waals surface area contributed by atoms with Gasteiger partial charge < -0.3 is 4.98 Å². The molecule has 3 heteroatoms. The van der Waals surface area contributed by atoms with Crippen LogP contribution >= 0.6 is 0 Å². The van der Waals surface area contributed by atoms with Crippen molar-refractivity contribution in [3.05, 3.63) is 64.6 Å². The normalized spacial score (nSPS) is 11.2. The van der Waals surface area contributed by atoms with Crippen LogP contribution in [0.4, 0.5) is 0 Å². The summed E-state index contributed by atoms with van der Waals surface area (Å²) < 4.78 is 0. The number of hydrogen-bond donors (Lipinski definition) is 1. The molecule has 0 amide bonds. The fourth-order valence-electron chi connectivity index (χ4n) is 2.28. The van der Waals surface area contributed by atoms with Gasteiger partial charge in [0, 0.05) is 23.3 Å². The molecule has 0 unspecified atom stereocenters. The lowest BCUT2D eigenvalue weighted by atomic mass is 10.0. The topological polar surface area (TPSA) is 45.8 Å². The predicted octanol–water partition coefficient (Wildman–Crippen LogP) is 3.71. The molecular weight excluding hydrogens is 248 g/mol. The Morgan fingerprint density at radius 1 is 1.05 bits per heavy atom. The van der Waals surface area contributed by atoms with Gasteiger partial charge in [-0.15, -0.1) is 0 Å². The molecule has 100 valence electrons. The summed E-state index contributed by atoms with van der Waals surface area (Å²) in [6.45, 7) is 4.34. The van der Waals surface area contributed by atoms with Gasteiger partial charge in [0.1, 0.15) is 0 Å². The highest BCUT2D eigenvalue weighted by Crippen LogP contribution is 2.24. The highest BCUT2D eigenvalue weighted by Gasteiger charge is 2.05. The van der Waals surface area contributed by atoms with Gasteiger partial charge >= 0.3 is 0 Å². The third-order valence-corrected chi connectivity index (χ3v) is 3.47. The molecule has 20 heavy (non-hydrogen) atoms. The van der Waals surface area contributed by atoms with Crippen LogP contribution in [0.2, 0.25) is 0 Å². The molecule has 0 saturated heterocycles. The first-order valence-electron chi connectivity index (χ1n) is 6.73. The second-order valence-corrected chi connectivity index (χ2v) is 5.25. The molecule has 3 nitrogen and oxygen atoms in total. The van der Waals surface area contributed by atoms with Crippen LogP contribution in [0.3, 0.4) is 0 Å². The van der Waals surface area contributed by atoms with Gasteiger partial charge in [0.2, 0.25) is 5.56 Å². The van der Waals surface area contributed by atoms with E-state index in [0.717, 1.165) is 22.2 Å². The summed E-state index contributed by atoms with van der Waals surface area (Å²) in [6, 6.07) is 13.5. The summed E-state index contributed by atoms with van der Waals surface area (Å²) in [5, 5.41) is 1.01. The van der Waals surface area contributed by atoms with Crippen LogP contribution in [0.5, 0.6) is 0 Å². The van der Waals surface area contributed by atoms with Gasteiger partial charge in [-0.25, -0.2) is 0 Å². The number of pyridine rings is 2. The maximum absolute atomic E-state index is 11.3. The van der Waals surface area contributed by atoms with Crippen LogP contribution in [-0.4, -0.2) is 9.97 Å². The predicted molar refractivity (Wildman–Crippen MR) is 81.9 cm³/mol. The van der Waals surface area contributed by atoms with Gasteiger partial charge in [0.25, 0.3) is 0 Å². The van der Waals surface area contributed by atoms with Gasteiger partial charge in [-0.3, -0.25) is 9.78 Å². The van der Waals surface area contributed by atoms with Crippen LogP contribution in [0.15, 0.2) is 53.5 Å². The summed E-state index contributed by atoms with van der Waals surface area (Å²) in [7, 11) is 0. The van der Waals surface area contributed by atoms with Crippen LogP contribution in [-0.2, 0) is 0 Å². The average Bonchev–Trinajstić information content (AvgIpc) is 2.47. The fourth-order valence-corrected chi connectivity index (χ4v) is 2.28. The van der Waals surface area contributed by atoms with E-state index in [1.807, 2.05) is 30.5 Å². The number of nitrogens with zero attached hydrogens (tertiary/aromatic N) is 1. The molecule has 3 rings (SSSR count). The molecular formula is C17H16N2O. The van der Waals surface area contributed by atoms with Gasteiger partial charge in [0.05, 0.1) is 5.69 Å². The Morgan fingerprint density at radius 2 is 1.90 bits per heavy atom. The van der Waals surface area contributed by atoms with Gasteiger partial charge in [-0.1, -0.05) is 19.9 Å². The van der Waals surface area contributed by atoms with Crippen molar-refractivity contribution in [2.75, 3.05) is 0 Å². The fraction of sp³-hybridized carbons (Fsp3) is 0.176. The Hall–Kier alpha value is -2.42. The Morgan fingerprint density at radius 3 is 2.70 bits per heavy atom. The van der Waals surface area contributed by atoms with Crippen molar-refractivity contribution in [1.82, 2.24) is 9.97 Å². The van der Waals surface area contributed by atoms with Crippen molar-refractivity contribution >= 4 is 10.9 Å². The Labute approximate surface area is 117 Å². The average molecular weight is 264 g/mol. The molecule has 0 radical (unpaired) electrons. The molecule has 0 aliphatic rings. The largest absolute Gasteiger partial charge is 0.322 e. The van der Waals surface area contributed by atoms with Crippen LogP contribution < -0.4 is 5.56 Å². The first kappa shape index (κ1) is 12.6. The van der Waals surface area contributed by atoms with Crippen molar-refractivity contribution in [1.29, 1.82) is 0 Å². The zero-order valence-electron chi connectivity index (χ0n) is 11.6. The third-order valence-electron chi connectivity index (χ3n) is 3.47. The minimum absolute atomic E-state index is 0.0785. The number of aromatic nitrogens is 2. The monoisotopic (exact) mass is 264 g/mol. The van der Waals surface area contributed by atoms with Gasteiger partial charge in [0.15, 0.2) is 0 Å². The number of benzene rings is 1. The second kappa shape index (κ2) is 4.93. The van der Waals surface area contributed by atoms with Crippen LogP contribution in [0, 0.1) is 0 Å². The van der Waals surface area contributed by atoms with E-state index in [0.29, 0.717) is 5.92 Å². The highest BCUT2D eigenvalue weighted by molar-refractivity contribution is 5.83. The molecule has 0 atom stereocenters. The second-order valence-electron chi connectivity index (χ2n) is 5.25. The number of nitrogens with one attached hydrogen (secondary N) is 1. The van der Waals surface area contributed by atoms with Crippen molar-refractivity contribution < 1.29 is 0 Å². The molecule has 0 fully saturated rings. The minimum Gasteiger partial charge on any atom is -0.322 e. The van der Waals surface area contributed by atoms with Crippen molar-refractivity contribution in [3.8, 4) is 11.3 Å². The number of hydrogen-bond acceptors (Lipinski definition) is 2. The van der Waals surface area contributed by atoms with E-state index in [2.05, 4.69) is 35.9 Å². The van der Waals surface area contributed by atoms with E-state index in [9.17, 15) is 4.79 Å². The molecule has 0 aliphatic heterocycles. The van der Waals surface area contributed by atoms with Gasteiger partial charge in [-0.05, 0) is 47.2 Å². The molecule has 2 aromatic heterocycles. The summed E-state index contributed by atoms with van der Waals surface area (Å²) in [5.41, 5.74) is 4.07. The van der Waals surface area contributed by atoms with Gasteiger partial charge in [-0.2, -0.15) is 0 Å². The first-order chi connectivity index (χ1) is 9.63. The third kappa shape index (κ3) is 2.35. The maximum Gasteiger partial charge on any atom is 0.248 e. The Balaban J connectivity index is 2.12. The SMILES string of the molecule is CC(C)c1ccnc(-c2ccc3[nH]c(=O)ccc3c2)c1. The molecule has 2 heterocycles. The molecule has 1 N–H and O–H groups in total. The lowest BCUT2D eigenvalue weighted by Crippen LogP contribution is -2.02. The van der Waals surface area contributed by atoms with E-state index in [4.69, 9.17) is 0 Å². The van der Waals surface area contributed by atoms with E-state index in [1.54, 1.807) is 6.07 Å². The lowest BCUT2D eigenvalue weighted by molar-refractivity contribution is 0.864. The summed E-state index contributed by atoms with van der Waals surface area (Å²) in [4.78, 5) is 18.6. The minimum atomic E-state index is -0.0785. The smallest absolute Gasteiger partial charge is 0.248 e. The zero-order valence-corrected chi connectivity index (χ0v) is 11.6. The Kier molecular flexibility index (Phi) is 3.11. The maximum atomic E-state index is 11.3. The quantitative estimate of drug-likeness (QED) is 0.766. The van der Waals surface area contributed by atoms with Crippen LogP contribution in [0.25, 0.3) is 22.2 Å².